The molecule has 18 heteroatoms. The molecule has 48 heavy (non-hydrogen) atoms. The van der Waals surface area contributed by atoms with Gasteiger partial charge in [0.05, 0.1) is 24.4 Å². The minimum Gasteiger partial charge on any atom is -0.390 e. The average Bonchev–Trinajstić information content (AvgIpc) is 3.80. The second-order valence-electron chi connectivity index (χ2n) is 12.3. The highest BCUT2D eigenvalue weighted by Gasteiger charge is 2.41. The Labute approximate surface area is 282 Å². The third-order valence-electron chi connectivity index (χ3n) is 9.01. The first-order valence-electron chi connectivity index (χ1n) is 16.4. The van der Waals surface area contributed by atoms with Crippen LogP contribution in [0.4, 0.5) is 11.9 Å². The van der Waals surface area contributed by atoms with Crippen LogP contribution in [0.15, 0.2) is 19.2 Å². The van der Waals surface area contributed by atoms with E-state index in [1.807, 2.05) is 13.8 Å². The highest BCUT2D eigenvalue weighted by molar-refractivity contribution is 7.16. The van der Waals surface area contributed by atoms with Crippen molar-refractivity contribution < 1.29 is 19.7 Å². The van der Waals surface area contributed by atoms with Crippen LogP contribution in [0, 0.1) is 11.8 Å². The van der Waals surface area contributed by atoms with Crippen LogP contribution in [-0.4, -0.2) is 63.7 Å². The first kappa shape index (κ1) is 35.9. The molecule has 2 fully saturated rings. The zero-order valence-electron chi connectivity index (χ0n) is 27.4. The van der Waals surface area contributed by atoms with Gasteiger partial charge in [-0.2, -0.15) is 9.97 Å². The smallest absolute Gasteiger partial charge is 0.311 e. The minimum atomic E-state index is -0.573. The van der Waals surface area contributed by atoms with Crippen molar-refractivity contribution >= 4 is 55.3 Å². The number of aliphatic hydroxyl groups excluding tert-OH is 2. The Morgan fingerprint density at radius 3 is 1.46 bits per heavy atom. The van der Waals surface area contributed by atoms with Gasteiger partial charge in [0.1, 0.15) is 21.9 Å². The molecule has 6 rings (SSSR count). The molecule has 0 aromatic carbocycles. The highest BCUT2D eigenvalue weighted by atomic mass is 32.1. The van der Waals surface area contributed by atoms with E-state index in [0.717, 1.165) is 48.4 Å². The lowest BCUT2D eigenvalue weighted by atomic mass is 9.95. The SMILES string of the molecule is CCC[C@@H]1C[C@@H]([C@@H](O)CC)O[C@H]1n1c(=O)sc2c(=O)[nH]c(N)nc21.CCC[C@@H]1C[C@@H]([C@H](O)CC)O[C@H]1n1c(=O)sc2c(=O)[nH]c(N)nc21. The molecule has 8 atom stereocenters. The fourth-order valence-corrected chi connectivity index (χ4v) is 8.37. The quantitative estimate of drug-likeness (QED) is 0.139. The Balaban J connectivity index is 0.000000188. The van der Waals surface area contributed by atoms with Crippen LogP contribution in [0.5, 0.6) is 0 Å². The molecule has 2 aliphatic heterocycles. The van der Waals surface area contributed by atoms with Crippen LogP contribution in [0.25, 0.3) is 20.7 Å². The van der Waals surface area contributed by atoms with Crippen molar-refractivity contribution in [2.45, 2.75) is 116 Å². The number of H-pyrrole nitrogens is 2. The van der Waals surface area contributed by atoms with Crippen molar-refractivity contribution in [1.82, 2.24) is 29.1 Å². The topological polar surface area (TPSA) is 246 Å². The van der Waals surface area contributed by atoms with Crippen molar-refractivity contribution in [1.29, 1.82) is 0 Å². The standard InChI is InChI=1S/2C15H22N4O4S/c2*1-3-5-7-6-9(8(20)4-2)23-13(7)19-11-10(24-15(19)22)12(21)18-14(16)17-11/h2*7-9,13,20H,3-6H2,1-2H3,(H3,16,17,18,21)/t7-,8+,9+,13-;7-,8-,9+,13-/m11/s1. The van der Waals surface area contributed by atoms with Crippen LogP contribution in [0.2, 0.25) is 0 Å². The maximum atomic E-state index is 12.5. The number of ether oxygens (including phenoxy) is 2. The summed E-state index contributed by atoms with van der Waals surface area (Å²) in [5, 5.41) is 20.3. The Kier molecular flexibility index (Phi) is 11.2. The number of hydrogen-bond donors (Lipinski definition) is 6. The van der Waals surface area contributed by atoms with Crippen LogP contribution in [0.1, 0.15) is 91.5 Å². The van der Waals surface area contributed by atoms with E-state index in [2.05, 4.69) is 33.8 Å². The Hall–Kier alpha value is -3.42. The second kappa shape index (κ2) is 15.0. The predicted molar refractivity (Wildman–Crippen MR) is 184 cm³/mol. The van der Waals surface area contributed by atoms with Crippen molar-refractivity contribution in [2.24, 2.45) is 11.8 Å². The summed E-state index contributed by atoms with van der Waals surface area (Å²) in [5.74, 6) is 0.0986. The molecule has 0 amide bonds. The lowest BCUT2D eigenvalue weighted by Gasteiger charge is -2.20. The number of nitrogens with zero attached hydrogens (tertiary/aromatic N) is 4. The molecule has 0 aliphatic carbocycles. The maximum absolute atomic E-state index is 12.5. The number of aromatic nitrogens is 6. The van der Waals surface area contributed by atoms with Crippen LogP contribution < -0.4 is 32.3 Å². The highest BCUT2D eigenvalue weighted by Crippen LogP contribution is 2.41. The lowest BCUT2D eigenvalue weighted by Crippen LogP contribution is -2.27. The number of fused-ring (bicyclic) bond motifs is 2. The van der Waals surface area contributed by atoms with Crippen molar-refractivity contribution in [3.8, 4) is 0 Å². The number of nitrogen functional groups attached to an aromatic ring is 2. The molecule has 16 nitrogen and oxygen atoms in total. The van der Waals surface area contributed by atoms with Gasteiger partial charge < -0.3 is 31.2 Å². The zero-order chi connectivity index (χ0) is 34.9. The molecule has 264 valence electrons. The molecule has 0 saturated carbocycles. The molecular formula is C30H44N8O8S2. The second-order valence-corrected chi connectivity index (χ2v) is 14.3. The summed E-state index contributed by atoms with van der Waals surface area (Å²) in [7, 11) is 0. The number of hydrogen-bond acceptors (Lipinski definition) is 14. The van der Waals surface area contributed by atoms with Gasteiger partial charge in [-0.3, -0.25) is 38.3 Å². The van der Waals surface area contributed by atoms with Gasteiger partial charge in [-0.1, -0.05) is 63.2 Å². The van der Waals surface area contributed by atoms with E-state index in [0.29, 0.717) is 25.7 Å². The third kappa shape index (κ3) is 7.00. The van der Waals surface area contributed by atoms with Crippen LogP contribution in [0.3, 0.4) is 0 Å². The molecule has 0 spiro atoms. The molecule has 6 heterocycles. The van der Waals surface area contributed by atoms with Crippen LogP contribution in [-0.2, 0) is 9.47 Å². The van der Waals surface area contributed by atoms with Crippen molar-refractivity contribution in [2.75, 3.05) is 11.5 Å². The van der Waals surface area contributed by atoms with E-state index in [4.69, 9.17) is 20.9 Å². The van der Waals surface area contributed by atoms with E-state index < -0.39 is 35.8 Å². The molecule has 0 radical (unpaired) electrons. The van der Waals surface area contributed by atoms with E-state index >= 15 is 0 Å². The molecule has 2 aliphatic rings. The Bertz CT molecular complexity index is 1820. The minimum absolute atomic E-state index is 0.0331. The normalized spacial score (nSPS) is 25.4. The van der Waals surface area contributed by atoms with Crippen molar-refractivity contribution in [3.05, 3.63) is 40.0 Å². The molecule has 8 N–H and O–H groups in total. The monoisotopic (exact) mass is 708 g/mol. The van der Waals surface area contributed by atoms with Crippen LogP contribution >= 0.6 is 22.7 Å². The van der Waals surface area contributed by atoms with E-state index in [1.54, 1.807) is 0 Å². The summed E-state index contributed by atoms with van der Waals surface area (Å²) in [5.41, 5.74) is 10.9. The maximum Gasteiger partial charge on any atom is 0.311 e. The molecule has 4 aromatic rings. The third-order valence-corrected chi connectivity index (χ3v) is 10.9. The van der Waals surface area contributed by atoms with E-state index in [1.165, 1.54) is 9.13 Å². The Morgan fingerprint density at radius 2 is 1.12 bits per heavy atom. The summed E-state index contributed by atoms with van der Waals surface area (Å²) >= 11 is 1.68. The van der Waals surface area contributed by atoms with Gasteiger partial charge in [-0.15, -0.1) is 0 Å². The first-order chi connectivity index (χ1) is 22.9. The Morgan fingerprint density at radius 1 is 0.750 bits per heavy atom. The summed E-state index contributed by atoms with van der Waals surface area (Å²) < 4.78 is 15.4. The predicted octanol–water partition coefficient (Wildman–Crippen LogP) is 2.41. The van der Waals surface area contributed by atoms with Gasteiger partial charge in [0.15, 0.2) is 11.3 Å². The number of nitrogens with two attached hydrogens (primary N) is 2. The number of nitrogens with one attached hydrogen (secondary N) is 2. The molecule has 0 bridgehead atoms. The molecule has 2 saturated heterocycles. The van der Waals surface area contributed by atoms with E-state index in [-0.39, 0.29) is 66.4 Å². The first-order valence-corrected chi connectivity index (χ1v) is 18.0. The number of anilines is 2. The summed E-state index contributed by atoms with van der Waals surface area (Å²) in [6, 6.07) is 0. The van der Waals surface area contributed by atoms with Gasteiger partial charge in [0, 0.05) is 11.8 Å². The van der Waals surface area contributed by atoms with Gasteiger partial charge in [-0.25, -0.2) is 0 Å². The zero-order valence-corrected chi connectivity index (χ0v) is 29.0. The summed E-state index contributed by atoms with van der Waals surface area (Å²) in [6.07, 6.45) is 3.26. The van der Waals surface area contributed by atoms with Gasteiger partial charge in [0.25, 0.3) is 11.1 Å². The fraction of sp³-hybridized carbons (Fsp3) is 0.667. The lowest BCUT2D eigenvalue weighted by molar-refractivity contribution is -0.0658. The number of thiazole rings is 2. The number of rotatable bonds is 10. The molecule has 4 aromatic heterocycles. The van der Waals surface area contributed by atoms with Crippen molar-refractivity contribution in [3.63, 3.8) is 0 Å². The summed E-state index contributed by atoms with van der Waals surface area (Å²) in [4.78, 5) is 61.5. The largest absolute Gasteiger partial charge is 0.390 e. The average molecular weight is 709 g/mol. The van der Waals surface area contributed by atoms with Gasteiger partial charge >= 0.3 is 9.75 Å². The molecule has 0 unspecified atom stereocenters. The number of aliphatic hydroxyl groups is 2. The summed E-state index contributed by atoms with van der Waals surface area (Å²) in [6.45, 7) is 7.92. The number of aromatic amines is 2. The molecular weight excluding hydrogens is 665 g/mol. The van der Waals surface area contributed by atoms with Gasteiger partial charge in [-0.05, 0) is 38.5 Å². The van der Waals surface area contributed by atoms with E-state index in [9.17, 15) is 29.4 Å². The fourth-order valence-electron chi connectivity index (χ4n) is 6.69. The van der Waals surface area contributed by atoms with Gasteiger partial charge in [0.2, 0.25) is 11.9 Å².